The quantitative estimate of drug-likeness (QED) is 0.573. The van der Waals surface area contributed by atoms with Crippen LogP contribution in [-0.2, 0) is 0 Å². The minimum Gasteiger partial charge on any atom is -0.497 e. The molecule has 4 nitrogen and oxygen atoms in total. The first-order chi connectivity index (χ1) is 9.78. The summed E-state index contributed by atoms with van der Waals surface area (Å²) in [5.74, 6) is 0.728. The van der Waals surface area contributed by atoms with Gasteiger partial charge in [0.05, 0.1) is 18.0 Å². The summed E-state index contributed by atoms with van der Waals surface area (Å²) in [5.41, 5.74) is 1.91. The van der Waals surface area contributed by atoms with Crippen LogP contribution in [0, 0.1) is 0 Å². The highest BCUT2D eigenvalue weighted by Crippen LogP contribution is 2.31. The van der Waals surface area contributed by atoms with E-state index < -0.39 is 0 Å². The summed E-state index contributed by atoms with van der Waals surface area (Å²) in [7, 11) is 1.61. The predicted octanol–water partition coefficient (Wildman–Crippen LogP) is 3.44. The van der Waals surface area contributed by atoms with Crippen LogP contribution in [0.15, 0.2) is 51.7 Å². The van der Waals surface area contributed by atoms with Gasteiger partial charge in [0.25, 0.3) is 5.56 Å². The number of aromatic nitrogens is 1. The lowest BCUT2D eigenvalue weighted by Crippen LogP contribution is -2.05. The molecule has 2 heterocycles. The first-order valence-electron chi connectivity index (χ1n) is 6.29. The number of rotatable bonds is 1. The van der Waals surface area contributed by atoms with Crippen LogP contribution < -0.4 is 10.3 Å². The molecule has 0 atom stereocenters. The van der Waals surface area contributed by atoms with Crippen LogP contribution in [0.5, 0.6) is 5.75 Å². The first kappa shape index (κ1) is 11.1. The molecule has 0 saturated heterocycles. The van der Waals surface area contributed by atoms with E-state index in [0.29, 0.717) is 16.6 Å². The highest BCUT2D eigenvalue weighted by Gasteiger charge is 2.14. The third-order valence-corrected chi connectivity index (χ3v) is 3.54. The fourth-order valence-electron chi connectivity index (χ4n) is 2.59. The van der Waals surface area contributed by atoms with E-state index in [1.165, 1.54) is 0 Å². The molecular formula is C16H11NO3. The summed E-state index contributed by atoms with van der Waals surface area (Å²) in [6.45, 7) is 0. The number of furan rings is 1. The molecule has 0 aliphatic heterocycles. The Labute approximate surface area is 113 Å². The third-order valence-electron chi connectivity index (χ3n) is 3.54. The molecule has 2 aromatic heterocycles. The second-order valence-corrected chi connectivity index (χ2v) is 4.67. The van der Waals surface area contributed by atoms with Gasteiger partial charge in [-0.2, -0.15) is 0 Å². The van der Waals surface area contributed by atoms with Gasteiger partial charge in [0.2, 0.25) is 0 Å². The molecule has 20 heavy (non-hydrogen) atoms. The van der Waals surface area contributed by atoms with E-state index in [1.807, 2.05) is 42.5 Å². The summed E-state index contributed by atoms with van der Waals surface area (Å²) in [6, 6.07) is 13.0. The highest BCUT2D eigenvalue weighted by atomic mass is 16.5. The van der Waals surface area contributed by atoms with Gasteiger partial charge < -0.3 is 14.1 Å². The largest absolute Gasteiger partial charge is 0.497 e. The number of benzene rings is 2. The van der Waals surface area contributed by atoms with Crippen LogP contribution in [0.2, 0.25) is 0 Å². The van der Waals surface area contributed by atoms with E-state index in [9.17, 15) is 4.79 Å². The van der Waals surface area contributed by atoms with Gasteiger partial charge in [0, 0.05) is 10.8 Å². The summed E-state index contributed by atoms with van der Waals surface area (Å²) in [6.07, 6.45) is 0. The number of hydrogen-bond acceptors (Lipinski definition) is 3. The molecule has 4 heteroatoms. The lowest BCUT2D eigenvalue weighted by Gasteiger charge is -2.02. The molecule has 2 aromatic carbocycles. The number of aromatic amines is 1. The van der Waals surface area contributed by atoms with Crippen molar-refractivity contribution in [1.29, 1.82) is 0 Å². The zero-order chi connectivity index (χ0) is 13.7. The number of hydrogen-bond donors (Lipinski definition) is 1. The Kier molecular flexibility index (Phi) is 2.15. The second kappa shape index (κ2) is 3.87. The maximum Gasteiger partial charge on any atom is 0.260 e. The normalized spacial score (nSPS) is 11.4. The molecule has 0 aliphatic carbocycles. The molecule has 0 unspecified atom stereocenters. The Morgan fingerprint density at radius 1 is 1.10 bits per heavy atom. The van der Waals surface area contributed by atoms with Gasteiger partial charge in [-0.15, -0.1) is 0 Å². The molecule has 1 N–H and O–H groups in total. The number of H-pyrrole nitrogens is 1. The number of methoxy groups -OCH3 is 1. The molecule has 0 fully saturated rings. The minimum absolute atomic E-state index is 0.136. The summed E-state index contributed by atoms with van der Waals surface area (Å²) >= 11 is 0. The SMILES string of the molecule is COc1ccc2[nH]c(=O)c3c4ccccc4oc3c2c1. The van der Waals surface area contributed by atoms with Crippen molar-refractivity contribution in [2.24, 2.45) is 0 Å². The Balaban J connectivity index is 2.31. The van der Waals surface area contributed by atoms with Crippen LogP contribution in [0.4, 0.5) is 0 Å². The maximum atomic E-state index is 12.3. The van der Waals surface area contributed by atoms with Gasteiger partial charge in [-0.25, -0.2) is 0 Å². The Morgan fingerprint density at radius 3 is 2.80 bits per heavy atom. The fraction of sp³-hybridized carbons (Fsp3) is 0.0625. The number of ether oxygens (including phenoxy) is 1. The minimum atomic E-state index is -0.136. The van der Waals surface area contributed by atoms with Crippen LogP contribution >= 0.6 is 0 Å². The van der Waals surface area contributed by atoms with E-state index in [-0.39, 0.29) is 5.56 Å². The highest BCUT2D eigenvalue weighted by molar-refractivity contribution is 6.13. The third kappa shape index (κ3) is 1.39. The molecule has 4 rings (SSSR count). The Morgan fingerprint density at radius 2 is 1.95 bits per heavy atom. The molecule has 0 saturated carbocycles. The van der Waals surface area contributed by atoms with E-state index >= 15 is 0 Å². The average molecular weight is 265 g/mol. The first-order valence-corrected chi connectivity index (χ1v) is 6.29. The molecule has 4 aromatic rings. The van der Waals surface area contributed by atoms with Crippen molar-refractivity contribution in [3.63, 3.8) is 0 Å². The van der Waals surface area contributed by atoms with Gasteiger partial charge in [-0.3, -0.25) is 4.79 Å². The van der Waals surface area contributed by atoms with E-state index in [2.05, 4.69) is 4.98 Å². The molecular weight excluding hydrogens is 254 g/mol. The maximum absolute atomic E-state index is 12.3. The number of para-hydroxylation sites is 1. The molecule has 0 bridgehead atoms. The standard InChI is InChI=1S/C16H11NO3/c1-19-9-6-7-12-11(8-9)15-14(16(18)17-12)10-4-2-3-5-13(10)20-15/h2-8H,1H3,(H,17,18). The summed E-state index contributed by atoms with van der Waals surface area (Å²) < 4.78 is 11.1. The van der Waals surface area contributed by atoms with Crippen molar-refractivity contribution in [2.75, 3.05) is 7.11 Å². The van der Waals surface area contributed by atoms with Gasteiger partial charge in [-0.1, -0.05) is 18.2 Å². The Hall–Kier alpha value is -2.75. The number of nitrogens with one attached hydrogen (secondary N) is 1. The van der Waals surface area contributed by atoms with Crippen LogP contribution in [0.25, 0.3) is 32.8 Å². The number of pyridine rings is 1. The smallest absolute Gasteiger partial charge is 0.260 e. The zero-order valence-electron chi connectivity index (χ0n) is 10.8. The fourth-order valence-corrected chi connectivity index (χ4v) is 2.59. The summed E-state index contributed by atoms with van der Waals surface area (Å²) in [4.78, 5) is 15.2. The van der Waals surface area contributed by atoms with Crippen LogP contribution in [0.1, 0.15) is 0 Å². The van der Waals surface area contributed by atoms with Gasteiger partial charge >= 0.3 is 0 Å². The van der Waals surface area contributed by atoms with Crippen molar-refractivity contribution in [3.8, 4) is 5.75 Å². The second-order valence-electron chi connectivity index (χ2n) is 4.67. The van der Waals surface area contributed by atoms with Crippen molar-refractivity contribution in [1.82, 2.24) is 4.98 Å². The van der Waals surface area contributed by atoms with Crippen molar-refractivity contribution in [3.05, 3.63) is 52.8 Å². The lowest BCUT2D eigenvalue weighted by molar-refractivity contribution is 0.415. The van der Waals surface area contributed by atoms with Gasteiger partial charge in [0.15, 0.2) is 0 Å². The molecule has 98 valence electrons. The van der Waals surface area contributed by atoms with E-state index in [4.69, 9.17) is 9.15 Å². The monoisotopic (exact) mass is 265 g/mol. The predicted molar refractivity (Wildman–Crippen MR) is 78.4 cm³/mol. The molecule has 0 aliphatic rings. The van der Waals surface area contributed by atoms with Gasteiger partial charge in [-0.05, 0) is 24.3 Å². The van der Waals surface area contributed by atoms with Crippen molar-refractivity contribution >= 4 is 32.8 Å². The van der Waals surface area contributed by atoms with Crippen molar-refractivity contribution in [2.45, 2.75) is 0 Å². The van der Waals surface area contributed by atoms with Gasteiger partial charge in [0.1, 0.15) is 16.9 Å². The molecule has 0 amide bonds. The molecule has 0 spiro atoms. The Bertz CT molecular complexity index is 1010. The van der Waals surface area contributed by atoms with E-state index in [0.717, 1.165) is 22.0 Å². The zero-order valence-corrected chi connectivity index (χ0v) is 10.8. The van der Waals surface area contributed by atoms with E-state index in [1.54, 1.807) is 7.11 Å². The summed E-state index contributed by atoms with van der Waals surface area (Å²) in [5, 5.41) is 2.25. The lowest BCUT2D eigenvalue weighted by atomic mass is 10.1. The van der Waals surface area contributed by atoms with Crippen molar-refractivity contribution < 1.29 is 9.15 Å². The van der Waals surface area contributed by atoms with Crippen LogP contribution in [0.3, 0.4) is 0 Å². The molecule has 0 radical (unpaired) electrons. The number of fused-ring (bicyclic) bond motifs is 5. The average Bonchev–Trinajstić information content (AvgIpc) is 2.87. The topological polar surface area (TPSA) is 55.2 Å². The van der Waals surface area contributed by atoms with Crippen LogP contribution in [-0.4, -0.2) is 12.1 Å².